The SMILES string of the molecule is COc1cc(C#N)ccc1OCCn1ccn(-c2ccc(C)cc2)c1=O. The van der Waals surface area contributed by atoms with Gasteiger partial charge in [-0.05, 0) is 31.2 Å². The smallest absolute Gasteiger partial charge is 0.332 e. The number of imidazole rings is 1. The van der Waals surface area contributed by atoms with E-state index in [1.165, 1.54) is 7.11 Å². The van der Waals surface area contributed by atoms with E-state index < -0.39 is 0 Å². The van der Waals surface area contributed by atoms with Crippen molar-refractivity contribution >= 4 is 0 Å². The van der Waals surface area contributed by atoms with E-state index in [1.54, 1.807) is 39.7 Å². The maximum Gasteiger partial charge on any atom is 0.332 e. The highest BCUT2D eigenvalue weighted by Gasteiger charge is 2.08. The average Bonchev–Trinajstić information content (AvgIpc) is 3.03. The highest BCUT2D eigenvalue weighted by Crippen LogP contribution is 2.27. The standard InChI is InChI=1S/C20H19N3O3/c1-15-3-6-17(7-4-15)23-10-9-22(20(23)24)11-12-26-18-8-5-16(14-21)13-19(18)25-2/h3-10,13H,11-12H2,1-2H3. The molecule has 0 saturated heterocycles. The van der Waals surface area contributed by atoms with Crippen LogP contribution in [0.2, 0.25) is 0 Å². The lowest BCUT2D eigenvalue weighted by Gasteiger charge is -2.11. The molecule has 0 bridgehead atoms. The van der Waals surface area contributed by atoms with E-state index in [9.17, 15) is 4.79 Å². The second-order valence-corrected chi connectivity index (χ2v) is 5.81. The zero-order valence-electron chi connectivity index (χ0n) is 14.7. The molecule has 0 unspecified atom stereocenters. The van der Waals surface area contributed by atoms with Crippen molar-refractivity contribution in [2.45, 2.75) is 13.5 Å². The number of methoxy groups -OCH3 is 1. The van der Waals surface area contributed by atoms with Crippen LogP contribution in [-0.4, -0.2) is 22.9 Å². The van der Waals surface area contributed by atoms with Crippen molar-refractivity contribution in [3.05, 3.63) is 76.5 Å². The summed E-state index contributed by atoms with van der Waals surface area (Å²) in [5.41, 5.74) is 2.35. The van der Waals surface area contributed by atoms with Gasteiger partial charge in [-0.3, -0.25) is 9.13 Å². The maximum atomic E-state index is 12.5. The van der Waals surface area contributed by atoms with Gasteiger partial charge in [0.15, 0.2) is 11.5 Å². The van der Waals surface area contributed by atoms with Crippen LogP contribution in [0.1, 0.15) is 11.1 Å². The first-order chi connectivity index (χ1) is 12.6. The lowest BCUT2D eigenvalue weighted by molar-refractivity contribution is 0.278. The van der Waals surface area contributed by atoms with Gasteiger partial charge in [-0.2, -0.15) is 5.26 Å². The fraction of sp³-hybridized carbons (Fsp3) is 0.200. The summed E-state index contributed by atoms with van der Waals surface area (Å²) < 4.78 is 14.1. The molecule has 2 aromatic carbocycles. The van der Waals surface area contributed by atoms with Gasteiger partial charge in [-0.1, -0.05) is 17.7 Å². The number of rotatable bonds is 6. The summed E-state index contributed by atoms with van der Waals surface area (Å²) >= 11 is 0. The van der Waals surface area contributed by atoms with Gasteiger partial charge >= 0.3 is 5.69 Å². The van der Waals surface area contributed by atoms with E-state index in [2.05, 4.69) is 6.07 Å². The van der Waals surface area contributed by atoms with Crippen molar-refractivity contribution in [1.29, 1.82) is 5.26 Å². The van der Waals surface area contributed by atoms with Crippen LogP contribution >= 0.6 is 0 Å². The number of ether oxygens (including phenoxy) is 2. The van der Waals surface area contributed by atoms with Crippen LogP contribution in [0.25, 0.3) is 5.69 Å². The molecule has 1 heterocycles. The molecule has 1 aromatic heterocycles. The van der Waals surface area contributed by atoms with Crippen molar-refractivity contribution in [3.8, 4) is 23.3 Å². The molecule has 0 atom stereocenters. The van der Waals surface area contributed by atoms with Crippen molar-refractivity contribution < 1.29 is 9.47 Å². The first-order valence-corrected chi connectivity index (χ1v) is 8.18. The molecule has 132 valence electrons. The summed E-state index contributed by atoms with van der Waals surface area (Å²) in [6, 6.07) is 14.8. The number of hydrogen-bond donors (Lipinski definition) is 0. The Bertz CT molecular complexity index is 994. The van der Waals surface area contributed by atoms with E-state index in [0.717, 1.165) is 11.3 Å². The molecule has 6 heteroatoms. The third-order valence-electron chi connectivity index (χ3n) is 4.04. The van der Waals surface area contributed by atoms with Crippen LogP contribution in [0.3, 0.4) is 0 Å². The highest BCUT2D eigenvalue weighted by molar-refractivity contribution is 5.46. The van der Waals surface area contributed by atoms with Gasteiger partial charge < -0.3 is 9.47 Å². The van der Waals surface area contributed by atoms with Crippen LogP contribution in [-0.2, 0) is 6.54 Å². The number of aromatic nitrogens is 2. The van der Waals surface area contributed by atoms with E-state index in [-0.39, 0.29) is 5.69 Å². The summed E-state index contributed by atoms with van der Waals surface area (Å²) in [6.07, 6.45) is 3.48. The molecule has 3 rings (SSSR count). The molecule has 0 aliphatic rings. The van der Waals surface area contributed by atoms with Crippen molar-refractivity contribution in [2.75, 3.05) is 13.7 Å². The fourth-order valence-corrected chi connectivity index (χ4v) is 2.60. The summed E-state index contributed by atoms with van der Waals surface area (Å²) in [7, 11) is 1.52. The predicted octanol–water partition coefficient (Wildman–Crippen LogP) is 2.91. The van der Waals surface area contributed by atoms with Gasteiger partial charge in [0.25, 0.3) is 0 Å². The molecule has 26 heavy (non-hydrogen) atoms. The van der Waals surface area contributed by atoms with Crippen LogP contribution < -0.4 is 15.2 Å². The minimum atomic E-state index is -0.121. The van der Waals surface area contributed by atoms with Crippen molar-refractivity contribution in [1.82, 2.24) is 9.13 Å². The number of nitriles is 1. The Morgan fingerprint density at radius 2 is 1.85 bits per heavy atom. The third-order valence-corrected chi connectivity index (χ3v) is 4.04. The minimum absolute atomic E-state index is 0.121. The van der Waals surface area contributed by atoms with E-state index >= 15 is 0 Å². The topological polar surface area (TPSA) is 69.2 Å². The lowest BCUT2D eigenvalue weighted by Crippen LogP contribution is -2.25. The molecular weight excluding hydrogens is 330 g/mol. The molecule has 0 amide bonds. The Kier molecular flexibility index (Phi) is 5.09. The zero-order valence-corrected chi connectivity index (χ0v) is 14.7. The van der Waals surface area contributed by atoms with Gasteiger partial charge in [0.05, 0.1) is 31.0 Å². The van der Waals surface area contributed by atoms with Gasteiger partial charge in [-0.15, -0.1) is 0 Å². The Morgan fingerprint density at radius 1 is 1.08 bits per heavy atom. The first-order valence-electron chi connectivity index (χ1n) is 8.18. The molecule has 0 saturated carbocycles. The molecular formula is C20H19N3O3. The predicted molar refractivity (Wildman–Crippen MR) is 98.0 cm³/mol. The summed E-state index contributed by atoms with van der Waals surface area (Å²) in [5, 5.41) is 8.93. The number of nitrogens with zero attached hydrogens (tertiary/aromatic N) is 3. The fourth-order valence-electron chi connectivity index (χ4n) is 2.60. The molecule has 0 fully saturated rings. The second-order valence-electron chi connectivity index (χ2n) is 5.81. The van der Waals surface area contributed by atoms with Gasteiger partial charge in [-0.25, -0.2) is 4.79 Å². The molecule has 0 spiro atoms. The largest absolute Gasteiger partial charge is 0.493 e. The molecule has 0 radical (unpaired) electrons. The van der Waals surface area contributed by atoms with Crippen molar-refractivity contribution in [3.63, 3.8) is 0 Å². The molecule has 0 aliphatic carbocycles. The Balaban J connectivity index is 1.69. The second kappa shape index (κ2) is 7.62. The normalized spacial score (nSPS) is 10.3. The van der Waals surface area contributed by atoms with Gasteiger partial charge in [0, 0.05) is 18.5 Å². The zero-order chi connectivity index (χ0) is 18.5. The summed E-state index contributed by atoms with van der Waals surface area (Å²) in [4.78, 5) is 12.5. The minimum Gasteiger partial charge on any atom is -0.493 e. The highest BCUT2D eigenvalue weighted by atomic mass is 16.5. The first kappa shape index (κ1) is 17.4. The number of hydrogen-bond acceptors (Lipinski definition) is 4. The van der Waals surface area contributed by atoms with Crippen LogP contribution in [0.5, 0.6) is 11.5 Å². The Hall–Kier alpha value is -3.46. The lowest BCUT2D eigenvalue weighted by atomic mass is 10.2. The van der Waals surface area contributed by atoms with Crippen molar-refractivity contribution in [2.24, 2.45) is 0 Å². The molecule has 3 aromatic rings. The average molecular weight is 349 g/mol. The summed E-state index contributed by atoms with van der Waals surface area (Å²) in [5.74, 6) is 1.03. The molecule has 0 aliphatic heterocycles. The molecule has 6 nitrogen and oxygen atoms in total. The Morgan fingerprint density at radius 3 is 2.54 bits per heavy atom. The number of benzene rings is 2. The monoisotopic (exact) mass is 349 g/mol. The molecule has 0 N–H and O–H groups in total. The van der Waals surface area contributed by atoms with Crippen LogP contribution in [0.4, 0.5) is 0 Å². The van der Waals surface area contributed by atoms with Crippen LogP contribution in [0, 0.1) is 18.3 Å². The van der Waals surface area contributed by atoms with E-state index in [4.69, 9.17) is 14.7 Å². The van der Waals surface area contributed by atoms with Crippen LogP contribution in [0.15, 0.2) is 59.7 Å². The van der Waals surface area contributed by atoms with E-state index in [1.807, 2.05) is 31.2 Å². The summed E-state index contributed by atoms with van der Waals surface area (Å²) in [6.45, 7) is 2.72. The van der Waals surface area contributed by atoms with E-state index in [0.29, 0.717) is 30.2 Å². The number of aryl methyl sites for hydroxylation is 1. The quantitative estimate of drug-likeness (QED) is 0.686. The van der Waals surface area contributed by atoms with Gasteiger partial charge in [0.1, 0.15) is 6.61 Å². The van der Waals surface area contributed by atoms with Gasteiger partial charge in [0.2, 0.25) is 0 Å². The Labute approximate surface area is 151 Å². The third kappa shape index (κ3) is 3.62. The maximum absolute atomic E-state index is 12.5.